The number of nitrogens with one attached hydrogen (secondary N) is 2. The molecule has 0 fully saturated rings. The van der Waals surface area contributed by atoms with Crippen LogP contribution in [0.25, 0.3) is 22.4 Å². The van der Waals surface area contributed by atoms with Crippen LogP contribution in [0.4, 0.5) is 5.69 Å². The lowest BCUT2D eigenvalue weighted by atomic mass is 10.1. The van der Waals surface area contributed by atoms with Gasteiger partial charge in [-0.3, -0.25) is 0 Å². The number of hydrogen-bond acceptors (Lipinski definition) is 2. The monoisotopic (exact) mass is 223 g/mol. The number of para-hydroxylation sites is 3. The first-order valence-corrected chi connectivity index (χ1v) is 5.60. The number of imidazole rings is 1. The molecule has 3 rings (SSSR count). The fraction of sp³-hybridized carbons (Fsp3) is 0.0714. The Balaban J connectivity index is 2.20. The lowest BCUT2D eigenvalue weighted by Gasteiger charge is -2.05. The van der Waals surface area contributed by atoms with Crippen molar-refractivity contribution in [2.75, 3.05) is 12.4 Å². The predicted molar refractivity (Wildman–Crippen MR) is 71.1 cm³/mol. The zero-order valence-corrected chi connectivity index (χ0v) is 9.57. The number of rotatable bonds is 2. The molecule has 0 amide bonds. The van der Waals surface area contributed by atoms with Crippen molar-refractivity contribution in [1.29, 1.82) is 0 Å². The van der Waals surface area contributed by atoms with Crippen molar-refractivity contribution in [1.82, 2.24) is 9.97 Å². The molecule has 1 heterocycles. The molecule has 0 bridgehead atoms. The summed E-state index contributed by atoms with van der Waals surface area (Å²) in [6.45, 7) is 0. The first kappa shape index (κ1) is 9.90. The van der Waals surface area contributed by atoms with Gasteiger partial charge in [-0.05, 0) is 24.3 Å². The Bertz CT molecular complexity index is 622. The Kier molecular flexibility index (Phi) is 2.29. The molecule has 3 heteroatoms. The third-order valence-corrected chi connectivity index (χ3v) is 2.84. The van der Waals surface area contributed by atoms with Crippen LogP contribution in [0.3, 0.4) is 0 Å². The molecule has 2 N–H and O–H groups in total. The van der Waals surface area contributed by atoms with Crippen LogP contribution >= 0.6 is 0 Å². The van der Waals surface area contributed by atoms with Gasteiger partial charge >= 0.3 is 0 Å². The third kappa shape index (κ3) is 1.65. The topological polar surface area (TPSA) is 40.7 Å². The summed E-state index contributed by atoms with van der Waals surface area (Å²) < 4.78 is 0. The molecule has 0 atom stereocenters. The zero-order chi connectivity index (χ0) is 11.7. The molecule has 84 valence electrons. The highest BCUT2D eigenvalue weighted by atomic mass is 14.9. The Hall–Kier alpha value is -2.29. The van der Waals surface area contributed by atoms with Crippen LogP contribution in [0.5, 0.6) is 0 Å². The van der Waals surface area contributed by atoms with Gasteiger partial charge in [0.15, 0.2) is 0 Å². The normalized spacial score (nSPS) is 10.6. The standard InChI is InChI=1S/C14H13N3/c1-15-11-7-3-2-6-10(11)14-16-12-8-4-5-9-13(12)17-14/h2-9,15H,1H3,(H,16,17). The summed E-state index contributed by atoms with van der Waals surface area (Å²) in [7, 11) is 1.92. The fourth-order valence-electron chi connectivity index (χ4n) is 1.99. The van der Waals surface area contributed by atoms with E-state index in [-0.39, 0.29) is 0 Å². The molecule has 0 spiro atoms. The molecule has 3 nitrogen and oxygen atoms in total. The fourth-order valence-corrected chi connectivity index (χ4v) is 1.99. The summed E-state index contributed by atoms with van der Waals surface area (Å²) >= 11 is 0. The second-order valence-corrected chi connectivity index (χ2v) is 3.90. The van der Waals surface area contributed by atoms with Gasteiger partial charge in [-0.25, -0.2) is 4.98 Å². The Morgan fingerprint density at radius 3 is 2.59 bits per heavy atom. The molecule has 0 saturated carbocycles. The maximum atomic E-state index is 4.60. The van der Waals surface area contributed by atoms with E-state index in [4.69, 9.17) is 0 Å². The average Bonchev–Trinajstić information content (AvgIpc) is 2.82. The summed E-state index contributed by atoms with van der Waals surface area (Å²) in [5.41, 5.74) is 4.22. The molecule has 17 heavy (non-hydrogen) atoms. The summed E-state index contributed by atoms with van der Waals surface area (Å²) in [5.74, 6) is 0.899. The Labute approximate surface area is 99.5 Å². The first-order chi connectivity index (χ1) is 8.38. The largest absolute Gasteiger partial charge is 0.388 e. The van der Waals surface area contributed by atoms with Crippen LogP contribution in [0.1, 0.15) is 0 Å². The van der Waals surface area contributed by atoms with Gasteiger partial charge in [0.05, 0.1) is 11.0 Å². The number of hydrogen-bond donors (Lipinski definition) is 2. The van der Waals surface area contributed by atoms with E-state index in [2.05, 4.69) is 21.4 Å². The van der Waals surface area contributed by atoms with Crippen molar-refractivity contribution in [3.63, 3.8) is 0 Å². The summed E-state index contributed by atoms with van der Waals surface area (Å²) in [6, 6.07) is 16.2. The van der Waals surface area contributed by atoms with Crippen molar-refractivity contribution >= 4 is 16.7 Å². The summed E-state index contributed by atoms with van der Waals surface area (Å²) in [4.78, 5) is 7.93. The highest BCUT2D eigenvalue weighted by Crippen LogP contribution is 2.26. The molecule has 0 unspecified atom stereocenters. The highest BCUT2D eigenvalue weighted by Gasteiger charge is 2.07. The van der Waals surface area contributed by atoms with Crippen LogP contribution in [-0.2, 0) is 0 Å². The van der Waals surface area contributed by atoms with Gasteiger partial charge in [-0.1, -0.05) is 24.3 Å². The predicted octanol–water partition coefficient (Wildman–Crippen LogP) is 3.27. The van der Waals surface area contributed by atoms with Crippen molar-refractivity contribution in [3.8, 4) is 11.4 Å². The minimum Gasteiger partial charge on any atom is -0.388 e. The highest BCUT2D eigenvalue weighted by molar-refractivity contribution is 5.82. The van der Waals surface area contributed by atoms with E-state index in [1.165, 1.54) is 0 Å². The van der Waals surface area contributed by atoms with Gasteiger partial charge in [0.1, 0.15) is 5.82 Å². The van der Waals surface area contributed by atoms with Crippen molar-refractivity contribution < 1.29 is 0 Å². The average molecular weight is 223 g/mol. The molecular weight excluding hydrogens is 210 g/mol. The van der Waals surface area contributed by atoms with Gasteiger partial charge in [0.2, 0.25) is 0 Å². The van der Waals surface area contributed by atoms with E-state index in [1.807, 2.05) is 49.5 Å². The van der Waals surface area contributed by atoms with Gasteiger partial charge in [-0.15, -0.1) is 0 Å². The van der Waals surface area contributed by atoms with Crippen LogP contribution in [0.2, 0.25) is 0 Å². The van der Waals surface area contributed by atoms with E-state index in [1.54, 1.807) is 0 Å². The molecule has 0 aliphatic carbocycles. The van der Waals surface area contributed by atoms with E-state index >= 15 is 0 Å². The lowest BCUT2D eigenvalue weighted by molar-refractivity contribution is 1.33. The molecule has 0 aliphatic rings. The maximum Gasteiger partial charge on any atom is 0.140 e. The minimum absolute atomic E-state index is 0.899. The van der Waals surface area contributed by atoms with Gasteiger partial charge < -0.3 is 10.3 Å². The second kappa shape index (κ2) is 3.94. The van der Waals surface area contributed by atoms with Crippen molar-refractivity contribution in [2.24, 2.45) is 0 Å². The van der Waals surface area contributed by atoms with Crippen LogP contribution in [0, 0.1) is 0 Å². The van der Waals surface area contributed by atoms with Crippen molar-refractivity contribution in [2.45, 2.75) is 0 Å². The van der Waals surface area contributed by atoms with Crippen LogP contribution in [-0.4, -0.2) is 17.0 Å². The maximum absolute atomic E-state index is 4.60. The molecular formula is C14H13N3. The SMILES string of the molecule is CNc1ccccc1-c1nc2ccccc2[nH]1. The quantitative estimate of drug-likeness (QED) is 0.700. The van der Waals surface area contributed by atoms with Crippen molar-refractivity contribution in [3.05, 3.63) is 48.5 Å². The van der Waals surface area contributed by atoms with E-state index in [0.717, 1.165) is 28.1 Å². The van der Waals surface area contributed by atoms with Crippen LogP contribution < -0.4 is 5.32 Å². The lowest BCUT2D eigenvalue weighted by Crippen LogP contribution is -1.92. The molecule has 2 aromatic carbocycles. The second-order valence-electron chi connectivity index (χ2n) is 3.90. The number of benzene rings is 2. The molecule has 0 saturated heterocycles. The minimum atomic E-state index is 0.899. The summed E-state index contributed by atoms with van der Waals surface area (Å²) in [5, 5.41) is 3.18. The summed E-state index contributed by atoms with van der Waals surface area (Å²) in [6.07, 6.45) is 0. The molecule has 0 radical (unpaired) electrons. The molecule has 0 aliphatic heterocycles. The number of H-pyrrole nitrogens is 1. The first-order valence-electron chi connectivity index (χ1n) is 5.60. The zero-order valence-electron chi connectivity index (χ0n) is 9.57. The Morgan fingerprint density at radius 2 is 1.76 bits per heavy atom. The van der Waals surface area contributed by atoms with Gasteiger partial charge in [0, 0.05) is 18.3 Å². The third-order valence-electron chi connectivity index (χ3n) is 2.84. The number of fused-ring (bicyclic) bond motifs is 1. The smallest absolute Gasteiger partial charge is 0.140 e. The molecule has 1 aromatic heterocycles. The number of nitrogens with zero attached hydrogens (tertiary/aromatic N) is 1. The van der Waals surface area contributed by atoms with E-state index < -0.39 is 0 Å². The van der Waals surface area contributed by atoms with E-state index in [0.29, 0.717) is 0 Å². The molecule has 3 aromatic rings. The number of anilines is 1. The number of aromatic nitrogens is 2. The number of aromatic amines is 1. The van der Waals surface area contributed by atoms with E-state index in [9.17, 15) is 0 Å². The van der Waals surface area contributed by atoms with Gasteiger partial charge in [0.25, 0.3) is 0 Å². The Morgan fingerprint density at radius 1 is 1.00 bits per heavy atom. The van der Waals surface area contributed by atoms with Crippen LogP contribution in [0.15, 0.2) is 48.5 Å². The van der Waals surface area contributed by atoms with Gasteiger partial charge in [-0.2, -0.15) is 0 Å².